The highest BCUT2D eigenvalue weighted by Gasteiger charge is 2.21. The zero-order valence-electron chi connectivity index (χ0n) is 19.4. The van der Waals surface area contributed by atoms with Crippen LogP contribution in [0.2, 0.25) is 0 Å². The molecule has 0 heterocycles. The summed E-state index contributed by atoms with van der Waals surface area (Å²) in [6.45, 7) is 7.90. The Kier molecular flexibility index (Phi) is 13.8. The summed E-state index contributed by atoms with van der Waals surface area (Å²) in [5, 5.41) is 27.5. The summed E-state index contributed by atoms with van der Waals surface area (Å²) in [7, 11) is -4.63. The maximum absolute atomic E-state index is 10.6. The van der Waals surface area contributed by atoms with Gasteiger partial charge in [-0.15, -0.1) is 0 Å². The molecule has 190 valence electrons. The predicted molar refractivity (Wildman–Crippen MR) is 124 cm³/mol. The molecule has 12 nitrogen and oxygen atoms in total. The molecular weight excluding hydrogens is 455 g/mol. The van der Waals surface area contributed by atoms with Crippen molar-refractivity contribution in [2.24, 2.45) is 11.5 Å². The number of carboxylic acid groups (broad SMARTS) is 1. The number of rotatable bonds is 12. The van der Waals surface area contributed by atoms with E-state index in [1.807, 2.05) is 45.9 Å². The third kappa shape index (κ3) is 13.8. The molecule has 1 aromatic rings. The van der Waals surface area contributed by atoms with Gasteiger partial charge < -0.3 is 41.5 Å². The van der Waals surface area contributed by atoms with Gasteiger partial charge in [0.05, 0.1) is 0 Å². The van der Waals surface area contributed by atoms with Crippen molar-refractivity contribution in [1.29, 1.82) is 5.41 Å². The minimum atomic E-state index is -4.63. The first kappa shape index (κ1) is 30.8. The third-order valence-electron chi connectivity index (χ3n) is 4.28. The van der Waals surface area contributed by atoms with Crippen LogP contribution in [0.25, 0.3) is 0 Å². The average molecular weight is 493 g/mol. The van der Waals surface area contributed by atoms with E-state index < -0.39 is 32.7 Å². The molecule has 1 unspecified atom stereocenters. The van der Waals surface area contributed by atoms with Crippen molar-refractivity contribution in [3.63, 3.8) is 0 Å². The second kappa shape index (κ2) is 14.8. The molecule has 0 aliphatic carbocycles. The molecule has 33 heavy (non-hydrogen) atoms. The molecular formula is C20H37N4O8P. The first-order valence-corrected chi connectivity index (χ1v) is 11.9. The lowest BCUT2D eigenvalue weighted by atomic mass is 9.94. The highest BCUT2D eigenvalue weighted by molar-refractivity contribution is 7.46. The summed E-state index contributed by atoms with van der Waals surface area (Å²) in [5.41, 5.74) is 12.1. The normalized spacial score (nSPS) is 13.2. The van der Waals surface area contributed by atoms with Gasteiger partial charge in [0.15, 0.2) is 5.96 Å². The number of phosphoric acid groups is 1. The Labute approximate surface area is 194 Å². The Bertz CT molecular complexity index is 774. The molecule has 1 rings (SSSR count). The summed E-state index contributed by atoms with van der Waals surface area (Å²) in [6.07, 6.45) is -0.474. The Morgan fingerprint density at radius 1 is 1.18 bits per heavy atom. The quantitative estimate of drug-likeness (QED) is 0.0684. The number of guanidine groups is 1. The van der Waals surface area contributed by atoms with Gasteiger partial charge in [0, 0.05) is 6.54 Å². The number of carboxylic acids is 1. The SMILES string of the molecule is CC(C)c1cccc(C(C)C)c1OC(O)COP(=O)(O)O.N=C(N)NCCC[C@H](N)C(=O)O. The number of nitrogens with two attached hydrogens (primary N) is 2. The molecule has 13 heteroatoms. The summed E-state index contributed by atoms with van der Waals surface area (Å²) >= 11 is 0. The fraction of sp³-hybridized carbons (Fsp3) is 0.600. The van der Waals surface area contributed by atoms with Crippen molar-refractivity contribution in [1.82, 2.24) is 5.32 Å². The lowest BCUT2D eigenvalue weighted by Crippen LogP contribution is -2.34. The van der Waals surface area contributed by atoms with E-state index in [1.54, 1.807) is 0 Å². The molecule has 0 aromatic heterocycles. The van der Waals surface area contributed by atoms with Crippen LogP contribution in [-0.4, -0.2) is 57.4 Å². The molecule has 1 aromatic carbocycles. The number of ether oxygens (including phenoxy) is 1. The first-order chi connectivity index (χ1) is 15.2. The van der Waals surface area contributed by atoms with E-state index >= 15 is 0 Å². The van der Waals surface area contributed by atoms with E-state index in [9.17, 15) is 14.5 Å². The van der Waals surface area contributed by atoms with Crippen LogP contribution in [0.15, 0.2) is 18.2 Å². The van der Waals surface area contributed by atoms with Crippen molar-refractivity contribution in [3.8, 4) is 5.75 Å². The zero-order valence-corrected chi connectivity index (χ0v) is 20.3. The van der Waals surface area contributed by atoms with E-state index in [2.05, 4.69) is 9.84 Å². The van der Waals surface area contributed by atoms with E-state index in [0.717, 1.165) is 11.1 Å². The largest absolute Gasteiger partial charge is 0.480 e. The van der Waals surface area contributed by atoms with Crippen LogP contribution in [-0.2, 0) is 13.9 Å². The van der Waals surface area contributed by atoms with Crippen molar-refractivity contribution in [2.45, 2.75) is 64.7 Å². The molecule has 2 atom stereocenters. The molecule has 0 aliphatic heterocycles. The van der Waals surface area contributed by atoms with Gasteiger partial charge in [-0.05, 0) is 35.8 Å². The maximum Gasteiger partial charge on any atom is 0.469 e. The van der Waals surface area contributed by atoms with Gasteiger partial charge in [-0.2, -0.15) is 0 Å². The van der Waals surface area contributed by atoms with Gasteiger partial charge in [-0.3, -0.25) is 14.7 Å². The van der Waals surface area contributed by atoms with E-state index in [4.69, 9.17) is 36.5 Å². The van der Waals surface area contributed by atoms with E-state index in [-0.39, 0.29) is 17.8 Å². The molecule has 0 bridgehead atoms. The number of benzene rings is 1. The van der Waals surface area contributed by atoms with Gasteiger partial charge in [-0.25, -0.2) is 4.57 Å². The summed E-state index contributed by atoms with van der Waals surface area (Å²) in [5.74, 6) is -0.191. The second-order valence-electron chi connectivity index (χ2n) is 7.86. The molecule has 0 aliphatic rings. The highest BCUT2D eigenvalue weighted by Crippen LogP contribution is 2.37. The topological polar surface area (TPSA) is 221 Å². The van der Waals surface area contributed by atoms with Crippen LogP contribution in [0.4, 0.5) is 0 Å². The molecule has 0 radical (unpaired) electrons. The number of hydrogen-bond acceptors (Lipinski definition) is 7. The van der Waals surface area contributed by atoms with Crippen molar-refractivity contribution in [2.75, 3.05) is 13.2 Å². The fourth-order valence-electron chi connectivity index (χ4n) is 2.62. The number of phosphoric ester groups is 1. The smallest absolute Gasteiger partial charge is 0.469 e. The van der Waals surface area contributed by atoms with Crippen molar-refractivity contribution in [3.05, 3.63) is 29.3 Å². The molecule has 0 saturated carbocycles. The monoisotopic (exact) mass is 492 g/mol. The molecule has 0 spiro atoms. The first-order valence-electron chi connectivity index (χ1n) is 10.4. The average Bonchev–Trinajstić information content (AvgIpc) is 2.69. The van der Waals surface area contributed by atoms with Gasteiger partial charge in [0.1, 0.15) is 18.4 Å². The van der Waals surface area contributed by atoms with Gasteiger partial charge in [-0.1, -0.05) is 45.9 Å². The minimum absolute atomic E-state index is 0.112. The van der Waals surface area contributed by atoms with Crippen LogP contribution in [0, 0.1) is 5.41 Å². The Hall–Kier alpha value is -2.21. The van der Waals surface area contributed by atoms with Crippen LogP contribution in [0.3, 0.4) is 0 Å². The number of hydrogen-bond donors (Lipinski definition) is 8. The Morgan fingerprint density at radius 3 is 2.09 bits per heavy atom. The van der Waals surface area contributed by atoms with Crippen LogP contribution >= 0.6 is 7.82 Å². The number of aliphatic carboxylic acids is 1. The standard InChI is InChI=1S/C14H23O6P.C6H14N4O2/c1-9(2)11-6-5-7-12(10(3)4)14(11)20-13(15)8-19-21(16,17)18;7-4(5(11)12)2-1-3-10-6(8)9/h5-7,9-10,13,15H,8H2,1-4H3,(H2,16,17,18);4H,1-3,7H2,(H,11,12)(H4,8,9,10)/t;4-/m.0/s1. The Balaban J connectivity index is 0.000000728. The zero-order chi connectivity index (χ0) is 25.8. The maximum atomic E-state index is 10.6. The van der Waals surface area contributed by atoms with Crippen molar-refractivity contribution >= 4 is 19.8 Å². The third-order valence-corrected chi connectivity index (χ3v) is 4.77. The van der Waals surface area contributed by atoms with E-state index in [0.29, 0.717) is 25.1 Å². The number of carbonyl (C=O) groups is 1. The van der Waals surface area contributed by atoms with Gasteiger partial charge >= 0.3 is 13.8 Å². The molecule has 10 N–H and O–H groups in total. The van der Waals surface area contributed by atoms with Crippen LogP contribution in [0.1, 0.15) is 63.5 Å². The number of aliphatic hydroxyl groups is 1. The molecule has 0 amide bonds. The van der Waals surface area contributed by atoms with Crippen LogP contribution < -0.4 is 21.5 Å². The fourth-order valence-corrected chi connectivity index (χ4v) is 2.94. The molecule has 0 saturated heterocycles. The lowest BCUT2D eigenvalue weighted by Gasteiger charge is -2.22. The summed E-state index contributed by atoms with van der Waals surface area (Å²) in [6, 6.07) is 4.92. The highest BCUT2D eigenvalue weighted by atomic mass is 31.2. The molecule has 0 fully saturated rings. The number of nitrogens with one attached hydrogen (secondary N) is 2. The number of aliphatic hydroxyl groups excluding tert-OH is 1. The number of para-hydroxylation sites is 1. The van der Waals surface area contributed by atoms with Gasteiger partial charge in [0.25, 0.3) is 0 Å². The lowest BCUT2D eigenvalue weighted by molar-refractivity contribution is -0.138. The summed E-state index contributed by atoms with van der Waals surface area (Å²) in [4.78, 5) is 27.5. The van der Waals surface area contributed by atoms with Crippen molar-refractivity contribution < 1.29 is 38.6 Å². The van der Waals surface area contributed by atoms with Crippen LogP contribution in [0.5, 0.6) is 5.75 Å². The van der Waals surface area contributed by atoms with Gasteiger partial charge in [0.2, 0.25) is 6.29 Å². The Morgan fingerprint density at radius 2 is 1.70 bits per heavy atom. The predicted octanol–water partition coefficient (Wildman–Crippen LogP) is 1.40. The summed E-state index contributed by atoms with van der Waals surface area (Å²) < 4.78 is 20.4. The second-order valence-corrected chi connectivity index (χ2v) is 9.10. The van der Waals surface area contributed by atoms with E-state index in [1.165, 1.54) is 0 Å². The minimum Gasteiger partial charge on any atom is -0.480 e.